The Morgan fingerprint density at radius 1 is 0.967 bits per heavy atom. The normalized spacial score (nSPS) is 15.9. The zero-order valence-corrected chi connectivity index (χ0v) is 17.8. The lowest BCUT2D eigenvalue weighted by Gasteiger charge is -2.36. The molecule has 1 aliphatic heterocycles. The number of hydrogen-bond acceptors (Lipinski definition) is 5. The van der Waals surface area contributed by atoms with E-state index < -0.39 is 26.7 Å². The summed E-state index contributed by atoms with van der Waals surface area (Å²) in [5.41, 5.74) is -0.292. The number of rotatable bonds is 5. The minimum Gasteiger partial charge on any atom is -0.497 e. The first kappa shape index (κ1) is 22.5. The van der Waals surface area contributed by atoms with Crippen molar-refractivity contribution in [2.24, 2.45) is 0 Å². The van der Waals surface area contributed by atoms with Gasteiger partial charge in [-0.3, -0.25) is 0 Å². The molecule has 0 N–H and O–H groups in total. The van der Waals surface area contributed by atoms with Crippen LogP contribution in [0.15, 0.2) is 41.3 Å². The van der Waals surface area contributed by atoms with Gasteiger partial charge in [0.05, 0.1) is 30.5 Å². The molecule has 0 bridgehead atoms. The standard InChI is InChI=1S/C19H20ClF3N2O4S/c1-28-14-4-6-16(17(12-14)29-2)24-7-9-25(10-8-24)30(26,27)18-11-13(19(21,22)23)3-5-15(18)20/h3-6,11-12H,7-10H2,1-2H3. The van der Waals surface area contributed by atoms with Crippen LogP contribution in [0.4, 0.5) is 18.9 Å². The quantitative estimate of drug-likeness (QED) is 0.672. The van der Waals surface area contributed by atoms with Crippen LogP contribution in [0, 0.1) is 0 Å². The third-order valence-electron chi connectivity index (χ3n) is 4.84. The third-order valence-corrected chi connectivity index (χ3v) is 7.22. The maximum atomic E-state index is 13.0. The Morgan fingerprint density at radius 2 is 1.63 bits per heavy atom. The molecule has 0 aliphatic carbocycles. The summed E-state index contributed by atoms with van der Waals surface area (Å²) in [5, 5.41) is -0.248. The fourth-order valence-electron chi connectivity index (χ4n) is 3.23. The summed E-state index contributed by atoms with van der Waals surface area (Å²) in [6.45, 7) is 0.838. The topological polar surface area (TPSA) is 59.1 Å². The second-order valence-corrected chi connectivity index (χ2v) is 8.89. The van der Waals surface area contributed by atoms with E-state index in [1.54, 1.807) is 12.1 Å². The molecule has 0 amide bonds. The zero-order chi connectivity index (χ0) is 22.1. The third kappa shape index (κ3) is 4.45. The van der Waals surface area contributed by atoms with Crippen molar-refractivity contribution < 1.29 is 31.1 Å². The van der Waals surface area contributed by atoms with E-state index in [1.165, 1.54) is 14.2 Å². The highest BCUT2D eigenvalue weighted by Crippen LogP contribution is 2.36. The smallest absolute Gasteiger partial charge is 0.416 e. The molecule has 3 rings (SSSR count). The molecule has 11 heteroatoms. The van der Waals surface area contributed by atoms with Crippen LogP contribution in [0.1, 0.15) is 5.56 Å². The molecule has 1 saturated heterocycles. The molecule has 30 heavy (non-hydrogen) atoms. The molecular formula is C19H20ClF3N2O4S. The Hall–Kier alpha value is -2.17. The van der Waals surface area contributed by atoms with Crippen LogP contribution in [-0.4, -0.2) is 53.1 Å². The highest BCUT2D eigenvalue weighted by atomic mass is 35.5. The van der Waals surface area contributed by atoms with Crippen molar-refractivity contribution in [1.82, 2.24) is 4.31 Å². The molecule has 1 heterocycles. The fourth-order valence-corrected chi connectivity index (χ4v) is 5.15. The molecule has 0 radical (unpaired) electrons. The first-order chi connectivity index (χ1) is 14.1. The van der Waals surface area contributed by atoms with Crippen molar-refractivity contribution in [3.05, 3.63) is 47.0 Å². The number of ether oxygens (including phenoxy) is 2. The highest BCUT2D eigenvalue weighted by molar-refractivity contribution is 7.89. The van der Waals surface area contributed by atoms with Crippen molar-refractivity contribution in [1.29, 1.82) is 0 Å². The number of alkyl halides is 3. The molecule has 0 aromatic heterocycles. The van der Waals surface area contributed by atoms with Crippen LogP contribution >= 0.6 is 11.6 Å². The van der Waals surface area contributed by atoms with E-state index in [0.29, 0.717) is 30.7 Å². The summed E-state index contributed by atoms with van der Waals surface area (Å²) < 4.78 is 76.7. The summed E-state index contributed by atoms with van der Waals surface area (Å²) in [6.07, 6.45) is -4.67. The Kier molecular flexibility index (Phi) is 6.40. The molecule has 2 aromatic rings. The lowest BCUT2D eigenvalue weighted by Crippen LogP contribution is -2.48. The molecule has 0 saturated carbocycles. The Bertz CT molecular complexity index is 1020. The van der Waals surface area contributed by atoms with Crippen LogP contribution in [-0.2, 0) is 16.2 Å². The molecule has 164 valence electrons. The van der Waals surface area contributed by atoms with Crippen molar-refractivity contribution in [2.75, 3.05) is 45.3 Å². The van der Waals surface area contributed by atoms with Gasteiger partial charge < -0.3 is 14.4 Å². The van der Waals surface area contributed by atoms with E-state index in [1.807, 2.05) is 11.0 Å². The summed E-state index contributed by atoms with van der Waals surface area (Å²) in [4.78, 5) is 1.40. The van der Waals surface area contributed by atoms with Gasteiger partial charge in [0, 0.05) is 32.2 Å². The van der Waals surface area contributed by atoms with Gasteiger partial charge in [-0.1, -0.05) is 11.6 Å². The van der Waals surface area contributed by atoms with Crippen LogP contribution in [0.5, 0.6) is 11.5 Å². The summed E-state index contributed by atoms with van der Waals surface area (Å²) in [5.74, 6) is 1.20. The number of methoxy groups -OCH3 is 2. The molecular weight excluding hydrogens is 445 g/mol. The minimum atomic E-state index is -4.67. The molecule has 2 aromatic carbocycles. The van der Waals surface area contributed by atoms with Gasteiger partial charge in [0.1, 0.15) is 16.4 Å². The Balaban J connectivity index is 1.81. The fraction of sp³-hybridized carbons (Fsp3) is 0.368. The van der Waals surface area contributed by atoms with Crippen molar-refractivity contribution in [3.8, 4) is 11.5 Å². The van der Waals surface area contributed by atoms with E-state index in [-0.39, 0.29) is 18.1 Å². The average molecular weight is 465 g/mol. The van der Waals surface area contributed by atoms with E-state index in [9.17, 15) is 21.6 Å². The van der Waals surface area contributed by atoms with E-state index in [4.69, 9.17) is 21.1 Å². The van der Waals surface area contributed by atoms with Crippen LogP contribution in [0.2, 0.25) is 5.02 Å². The largest absolute Gasteiger partial charge is 0.497 e. The number of anilines is 1. The van der Waals surface area contributed by atoms with Crippen molar-refractivity contribution in [2.45, 2.75) is 11.1 Å². The van der Waals surface area contributed by atoms with Crippen molar-refractivity contribution >= 4 is 27.3 Å². The van der Waals surface area contributed by atoms with Crippen LogP contribution in [0.3, 0.4) is 0 Å². The summed E-state index contributed by atoms with van der Waals surface area (Å²) in [7, 11) is -1.12. The second-order valence-electron chi connectivity index (χ2n) is 6.57. The number of piperazine rings is 1. The van der Waals surface area contributed by atoms with Gasteiger partial charge in [0.25, 0.3) is 0 Å². The first-order valence-electron chi connectivity index (χ1n) is 8.92. The van der Waals surface area contributed by atoms with Gasteiger partial charge in [-0.15, -0.1) is 0 Å². The second kappa shape index (κ2) is 8.52. The number of halogens is 4. The van der Waals surface area contributed by atoms with Crippen LogP contribution in [0.25, 0.3) is 0 Å². The highest BCUT2D eigenvalue weighted by Gasteiger charge is 2.35. The van der Waals surface area contributed by atoms with E-state index in [0.717, 1.165) is 22.1 Å². The molecule has 1 aliphatic rings. The van der Waals surface area contributed by atoms with E-state index >= 15 is 0 Å². The summed E-state index contributed by atoms with van der Waals surface area (Å²) >= 11 is 5.93. The molecule has 0 atom stereocenters. The number of benzene rings is 2. The number of nitrogens with zero attached hydrogens (tertiary/aromatic N) is 2. The average Bonchev–Trinajstić information content (AvgIpc) is 2.72. The van der Waals surface area contributed by atoms with Gasteiger partial charge in [-0.05, 0) is 30.3 Å². The van der Waals surface area contributed by atoms with Crippen LogP contribution < -0.4 is 14.4 Å². The lowest BCUT2D eigenvalue weighted by atomic mass is 10.2. The molecule has 6 nitrogen and oxygen atoms in total. The molecule has 1 fully saturated rings. The predicted molar refractivity (Wildman–Crippen MR) is 107 cm³/mol. The maximum absolute atomic E-state index is 13.0. The van der Waals surface area contributed by atoms with E-state index in [2.05, 4.69) is 0 Å². The van der Waals surface area contributed by atoms with Gasteiger partial charge in [-0.25, -0.2) is 8.42 Å². The van der Waals surface area contributed by atoms with Gasteiger partial charge in [0.15, 0.2) is 0 Å². The zero-order valence-electron chi connectivity index (χ0n) is 16.2. The first-order valence-corrected chi connectivity index (χ1v) is 10.7. The predicted octanol–water partition coefficient (Wildman–Crippen LogP) is 3.89. The van der Waals surface area contributed by atoms with Gasteiger partial charge >= 0.3 is 6.18 Å². The Labute approximate surface area is 177 Å². The van der Waals surface area contributed by atoms with Gasteiger partial charge in [-0.2, -0.15) is 17.5 Å². The number of sulfonamides is 1. The summed E-state index contributed by atoms with van der Waals surface area (Å²) in [6, 6.07) is 7.59. The maximum Gasteiger partial charge on any atom is 0.416 e. The molecule has 0 unspecified atom stereocenters. The minimum absolute atomic E-state index is 0.0874. The van der Waals surface area contributed by atoms with Gasteiger partial charge in [0.2, 0.25) is 10.0 Å². The number of hydrogen-bond donors (Lipinski definition) is 0. The Morgan fingerprint density at radius 3 is 2.20 bits per heavy atom. The molecule has 0 spiro atoms. The lowest BCUT2D eigenvalue weighted by molar-refractivity contribution is -0.137. The monoisotopic (exact) mass is 464 g/mol. The van der Waals surface area contributed by atoms with Crippen molar-refractivity contribution in [3.63, 3.8) is 0 Å². The SMILES string of the molecule is COc1ccc(N2CCN(S(=O)(=O)c3cc(C(F)(F)F)ccc3Cl)CC2)c(OC)c1.